The van der Waals surface area contributed by atoms with E-state index in [1.807, 2.05) is 32.1 Å². The highest BCUT2D eigenvalue weighted by molar-refractivity contribution is 5.97. The van der Waals surface area contributed by atoms with E-state index in [-0.39, 0.29) is 36.0 Å². The van der Waals surface area contributed by atoms with Crippen molar-refractivity contribution in [3.05, 3.63) is 47.2 Å². The summed E-state index contributed by atoms with van der Waals surface area (Å²) in [7, 11) is 3.91. The molecule has 0 saturated heterocycles. The van der Waals surface area contributed by atoms with Crippen LogP contribution in [0.3, 0.4) is 0 Å². The zero-order valence-electron chi connectivity index (χ0n) is 17.4. The SMILES string of the molecule is Cc1cnc(N[C@H]2CC[C@@H](NC(=O)c3cccc(C(=O)O)c3)CC2)nc1N(C)C.Cl. The number of carbonyl (C=O) groups is 2. The minimum Gasteiger partial charge on any atom is -0.478 e. The summed E-state index contributed by atoms with van der Waals surface area (Å²) >= 11 is 0. The lowest BCUT2D eigenvalue weighted by Crippen LogP contribution is -2.40. The molecule has 3 N–H and O–H groups in total. The number of carbonyl (C=O) groups excluding carboxylic acids is 1. The van der Waals surface area contributed by atoms with Gasteiger partial charge in [-0.25, -0.2) is 9.78 Å². The number of nitrogens with zero attached hydrogens (tertiary/aromatic N) is 3. The number of anilines is 2. The third kappa shape index (κ3) is 5.82. The number of nitrogens with one attached hydrogen (secondary N) is 2. The van der Waals surface area contributed by atoms with E-state index in [2.05, 4.69) is 20.6 Å². The Bertz CT molecular complexity index is 898. The van der Waals surface area contributed by atoms with Gasteiger partial charge >= 0.3 is 5.97 Å². The summed E-state index contributed by atoms with van der Waals surface area (Å²) in [6.45, 7) is 1.99. The molecule has 0 unspecified atom stereocenters. The monoisotopic (exact) mass is 433 g/mol. The number of aromatic carboxylic acids is 1. The van der Waals surface area contributed by atoms with Gasteiger partial charge in [0.15, 0.2) is 0 Å². The fourth-order valence-electron chi connectivity index (χ4n) is 3.58. The van der Waals surface area contributed by atoms with Gasteiger partial charge in [-0.15, -0.1) is 12.4 Å². The van der Waals surface area contributed by atoms with Gasteiger partial charge < -0.3 is 20.6 Å². The largest absolute Gasteiger partial charge is 0.478 e. The Morgan fingerprint density at radius 3 is 2.37 bits per heavy atom. The molecular formula is C21H28ClN5O3. The number of benzene rings is 1. The Labute approximate surface area is 182 Å². The Kier molecular flexibility index (Phi) is 8.00. The summed E-state index contributed by atoms with van der Waals surface area (Å²) in [4.78, 5) is 34.5. The van der Waals surface area contributed by atoms with Gasteiger partial charge in [0, 0.05) is 43.5 Å². The molecule has 0 radical (unpaired) electrons. The van der Waals surface area contributed by atoms with E-state index in [9.17, 15) is 9.59 Å². The second-order valence-corrected chi connectivity index (χ2v) is 7.65. The van der Waals surface area contributed by atoms with E-state index < -0.39 is 5.97 Å². The molecular weight excluding hydrogens is 406 g/mol. The van der Waals surface area contributed by atoms with Crippen LogP contribution in [0.15, 0.2) is 30.5 Å². The first kappa shape index (κ1) is 23.4. The molecule has 1 amide bonds. The Hall–Kier alpha value is -2.87. The molecule has 0 spiro atoms. The van der Waals surface area contributed by atoms with Crippen LogP contribution in [0, 0.1) is 6.92 Å². The predicted octanol–water partition coefficient (Wildman–Crippen LogP) is 3.12. The number of carboxylic acids is 1. The van der Waals surface area contributed by atoms with Gasteiger partial charge in [-0.05, 0) is 50.8 Å². The summed E-state index contributed by atoms with van der Waals surface area (Å²) in [5.41, 5.74) is 1.51. The number of aromatic nitrogens is 2. The lowest BCUT2D eigenvalue weighted by atomic mass is 9.91. The van der Waals surface area contributed by atoms with E-state index in [1.165, 1.54) is 12.1 Å². The summed E-state index contributed by atoms with van der Waals surface area (Å²) in [6, 6.07) is 6.43. The predicted molar refractivity (Wildman–Crippen MR) is 119 cm³/mol. The minimum absolute atomic E-state index is 0. The van der Waals surface area contributed by atoms with Crippen LogP contribution in [0.25, 0.3) is 0 Å². The van der Waals surface area contributed by atoms with Crippen LogP contribution in [-0.4, -0.2) is 53.1 Å². The van der Waals surface area contributed by atoms with Crippen molar-refractivity contribution >= 4 is 36.0 Å². The van der Waals surface area contributed by atoms with Gasteiger partial charge in [-0.1, -0.05) is 6.07 Å². The molecule has 1 aliphatic rings. The third-order valence-corrected chi connectivity index (χ3v) is 5.14. The number of hydrogen-bond acceptors (Lipinski definition) is 6. The van der Waals surface area contributed by atoms with E-state index in [1.54, 1.807) is 12.1 Å². The van der Waals surface area contributed by atoms with E-state index in [4.69, 9.17) is 5.11 Å². The van der Waals surface area contributed by atoms with Crippen molar-refractivity contribution in [2.45, 2.75) is 44.7 Å². The molecule has 9 heteroatoms. The molecule has 1 fully saturated rings. The van der Waals surface area contributed by atoms with E-state index in [0.717, 1.165) is 37.1 Å². The zero-order chi connectivity index (χ0) is 21.0. The fourth-order valence-corrected chi connectivity index (χ4v) is 3.58. The molecule has 2 aromatic rings. The molecule has 0 bridgehead atoms. The van der Waals surface area contributed by atoms with E-state index in [0.29, 0.717) is 11.5 Å². The summed E-state index contributed by atoms with van der Waals surface area (Å²) < 4.78 is 0. The Morgan fingerprint density at radius 1 is 1.10 bits per heavy atom. The lowest BCUT2D eigenvalue weighted by molar-refractivity contribution is 0.0697. The van der Waals surface area contributed by atoms with Crippen LogP contribution in [0.4, 0.5) is 11.8 Å². The molecule has 8 nitrogen and oxygen atoms in total. The van der Waals surface area contributed by atoms with Crippen molar-refractivity contribution in [3.63, 3.8) is 0 Å². The quantitative estimate of drug-likeness (QED) is 0.642. The minimum atomic E-state index is -1.04. The van der Waals surface area contributed by atoms with Crippen LogP contribution in [0.1, 0.15) is 52.0 Å². The van der Waals surface area contributed by atoms with Crippen LogP contribution in [0.2, 0.25) is 0 Å². The van der Waals surface area contributed by atoms with Crippen molar-refractivity contribution in [1.82, 2.24) is 15.3 Å². The van der Waals surface area contributed by atoms with Crippen LogP contribution >= 0.6 is 12.4 Å². The number of carboxylic acid groups (broad SMARTS) is 1. The van der Waals surface area contributed by atoms with Crippen molar-refractivity contribution in [1.29, 1.82) is 0 Å². The average Bonchev–Trinajstić information content (AvgIpc) is 2.70. The van der Waals surface area contributed by atoms with Gasteiger partial charge in [0.05, 0.1) is 5.56 Å². The van der Waals surface area contributed by atoms with Crippen LogP contribution < -0.4 is 15.5 Å². The molecule has 0 atom stereocenters. The highest BCUT2D eigenvalue weighted by Gasteiger charge is 2.23. The first-order chi connectivity index (χ1) is 13.8. The number of rotatable bonds is 6. The first-order valence-electron chi connectivity index (χ1n) is 9.75. The second-order valence-electron chi connectivity index (χ2n) is 7.65. The van der Waals surface area contributed by atoms with Crippen LogP contribution in [-0.2, 0) is 0 Å². The summed E-state index contributed by atoms with van der Waals surface area (Å²) in [5.74, 6) is 0.244. The smallest absolute Gasteiger partial charge is 0.335 e. The Balaban J connectivity index is 0.00000320. The standard InChI is InChI=1S/C21H27N5O3.ClH/c1-13-12-22-21(25-18(13)26(2)3)24-17-9-7-16(8-10-17)23-19(27)14-5-4-6-15(11-14)20(28)29;/h4-6,11-12,16-17H,7-10H2,1-3H3,(H,23,27)(H,28,29)(H,22,24,25);1H/t16-,17+;. The average molecular weight is 434 g/mol. The van der Waals surface area contributed by atoms with Gasteiger partial charge in [0.25, 0.3) is 5.91 Å². The van der Waals surface area contributed by atoms with Crippen molar-refractivity contribution < 1.29 is 14.7 Å². The molecule has 1 aromatic heterocycles. The number of hydrogen-bond donors (Lipinski definition) is 3. The zero-order valence-corrected chi connectivity index (χ0v) is 18.2. The maximum absolute atomic E-state index is 12.4. The molecule has 162 valence electrons. The van der Waals surface area contributed by atoms with Gasteiger partial charge in [-0.2, -0.15) is 4.98 Å². The normalized spacial score (nSPS) is 18.1. The van der Waals surface area contributed by atoms with Crippen molar-refractivity contribution in [3.8, 4) is 0 Å². The Morgan fingerprint density at radius 2 is 1.73 bits per heavy atom. The number of amides is 1. The number of aryl methyl sites for hydroxylation is 1. The summed E-state index contributed by atoms with van der Waals surface area (Å²) in [6.07, 6.45) is 5.30. The van der Waals surface area contributed by atoms with Gasteiger partial charge in [-0.3, -0.25) is 4.79 Å². The summed E-state index contributed by atoms with van der Waals surface area (Å²) in [5, 5.41) is 15.5. The van der Waals surface area contributed by atoms with Gasteiger partial charge in [0.2, 0.25) is 5.95 Å². The lowest BCUT2D eigenvalue weighted by Gasteiger charge is -2.30. The molecule has 1 aromatic carbocycles. The van der Waals surface area contributed by atoms with Crippen molar-refractivity contribution in [2.75, 3.05) is 24.3 Å². The third-order valence-electron chi connectivity index (χ3n) is 5.14. The molecule has 0 aliphatic heterocycles. The highest BCUT2D eigenvalue weighted by Crippen LogP contribution is 2.23. The van der Waals surface area contributed by atoms with Crippen LogP contribution in [0.5, 0.6) is 0 Å². The molecule has 1 heterocycles. The van der Waals surface area contributed by atoms with Crippen molar-refractivity contribution in [2.24, 2.45) is 0 Å². The molecule has 1 saturated carbocycles. The van der Waals surface area contributed by atoms with Gasteiger partial charge in [0.1, 0.15) is 5.82 Å². The molecule has 3 rings (SSSR count). The second kappa shape index (κ2) is 10.2. The molecule has 1 aliphatic carbocycles. The number of halogens is 1. The topological polar surface area (TPSA) is 107 Å². The maximum atomic E-state index is 12.4. The van der Waals surface area contributed by atoms with E-state index >= 15 is 0 Å². The fraction of sp³-hybridized carbons (Fsp3) is 0.429. The first-order valence-corrected chi connectivity index (χ1v) is 9.75. The molecule has 30 heavy (non-hydrogen) atoms. The highest BCUT2D eigenvalue weighted by atomic mass is 35.5. The maximum Gasteiger partial charge on any atom is 0.335 e.